The molecule has 12 amide bonds. The van der Waals surface area contributed by atoms with Gasteiger partial charge in [0.15, 0.2) is 0 Å². The van der Waals surface area contributed by atoms with Gasteiger partial charge in [-0.15, -0.1) is 0 Å². The van der Waals surface area contributed by atoms with Crippen molar-refractivity contribution >= 4 is 70.9 Å². The number of rotatable bonds is 12. The van der Waals surface area contributed by atoms with Crippen LogP contribution in [0.15, 0.2) is 12.2 Å². The summed E-state index contributed by atoms with van der Waals surface area (Å²) in [7, 11) is 12.7. The lowest BCUT2D eigenvalue weighted by Crippen LogP contribution is -2.71. The maximum atomic E-state index is 15.8. The second-order valence-corrected chi connectivity index (χ2v) is 34.3. The van der Waals surface area contributed by atoms with Crippen molar-refractivity contribution in [2.45, 2.75) is 262 Å². The van der Waals surface area contributed by atoms with Crippen molar-refractivity contribution in [1.29, 1.82) is 0 Å². The number of nitrogens with one attached hydrogen (secondary N) is 3. The third-order valence-electron chi connectivity index (χ3n) is 25.2. The molecule has 29 heteroatoms. The molecule has 3 saturated heterocycles. The lowest BCUT2D eigenvalue weighted by Gasteiger charge is -2.54. The summed E-state index contributed by atoms with van der Waals surface area (Å²) in [5.74, 6) is -10.8. The average molecular weight is 1510 g/mol. The minimum Gasteiger partial charge on any atom is -0.382 e. The molecule has 3 unspecified atom stereocenters. The van der Waals surface area contributed by atoms with E-state index in [1.54, 1.807) is 6.92 Å². The van der Waals surface area contributed by atoms with Gasteiger partial charge in [0, 0.05) is 83.2 Å². The molecule has 8 aliphatic rings. The molecule has 4 aliphatic carbocycles. The fourth-order valence-corrected chi connectivity index (χ4v) is 18.8. The summed E-state index contributed by atoms with van der Waals surface area (Å²) < 4.78 is 54.0. The molecule has 7 fully saturated rings. The molecule has 0 radical (unpaired) electrons. The molecule has 602 valence electrons. The van der Waals surface area contributed by atoms with Gasteiger partial charge in [-0.1, -0.05) is 106 Å². The first kappa shape index (κ1) is 85.7. The number of alkyl halides is 3. The Balaban J connectivity index is 1.21. The Morgan fingerprint density at radius 2 is 1.27 bits per heavy atom. The molecule has 15 atom stereocenters. The summed E-state index contributed by atoms with van der Waals surface area (Å²) in [4.78, 5) is 196. The van der Waals surface area contributed by atoms with Gasteiger partial charge in [-0.25, -0.2) is 0 Å². The lowest BCUT2D eigenvalue weighted by atomic mass is 9.58. The van der Waals surface area contributed by atoms with Crippen molar-refractivity contribution in [2.75, 3.05) is 96.3 Å². The molecule has 26 nitrogen and oxygen atoms in total. The van der Waals surface area contributed by atoms with E-state index in [-0.39, 0.29) is 121 Å². The molecule has 4 saturated carbocycles. The highest BCUT2D eigenvalue weighted by molar-refractivity contribution is 6.01. The Kier molecular flexibility index (Phi) is 29.1. The summed E-state index contributed by atoms with van der Waals surface area (Å²) in [6, 6.07) is -11.3. The number of halogens is 3. The van der Waals surface area contributed by atoms with Crippen molar-refractivity contribution in [3.05, 3.63) is 12.2 Å². The number of fused-ring (bicyclic) bond motifs is 4. The highest BCUT2D eigenvalue weighted by Gasteiger charge is 2.60. The topological polar surface area (TPSA) is 289 Å². The van der Waals surface area contributed by atoms with Crippen LogP contribution in [0.1, 0.15) is 190 Å². The van der Waals surface area contributed by atoms with Gasteiger partial charge in [-0.05, 0) is 137 Å². The van der Waals surface area contributed by atoms with Gasteiger partial charge in [-0.2, -0.15) is 13.2 Å². The van der Waals surface area contributed by atoms with Gasteiger partial charge >= 0.3 is 6.18 Å². The van der Waals surface area contributed by atoms with Gasteiger partial charge in [0.2, 0.25) is 70.9 Å². The summed E-state index contributed by atoms with van der Waals surface area (Å²) in [6.07, 6.45) is 4.96. The third kappa shape index (κ3) is 20.0. The predicted octanol–water partition coefficient (Wildman–Crippen LogP) is 5.78. The predicted molar refractivity (Wildman–Crippen MR) is 393 cm³/mol. The largest absolute Gasteiger partial charge is 0.394 e. The van der Waals surface area contributed by atoms with Gasteiger partial charge in [-0.3, -0.25) is 57.5 Å². The van der Waals surface area contributed by atoms with Crippen LogP contribution in [0.25, 0.3) is 0 Å². The van der Waals surface area contributed by atoms with Crippen molar-refractivity contribution in [1.82, 2.24) is 60.0 Å². The van der Waals surface area contributed by atoms with Crippen molar-refractivity contribution < 1.29 is 80.2 Å². The number of carbonyl (C=O) groups excluding carboxylic acids is 12. The first-order chi connectivity index (χ1) is 50.3. The van der Waals surface area contributed by atoms with Gasteiger partial charge in [0.1, 0.15) is 59.9 Å². The summed E-state index contributed by atoms with van der Waals surface area (Å²) in [5.41, 5.74) is -2.12. The van der Waals surface area contributed by atoms with Crippen LogP contribution in [0.4, 0.5) is 13.2 Å². The molecule has 0 aromatic rings. The Labute approximate surface area is 631 Å². The van der Waals surface area contributed by atoms with Crippen molar-refractivity contribution in [2.24, 2.45) is 52.8 Å². The van der Waals surface area contributed by atoms with Crippen LogP contribution >= 0.6 is 0 Å². The summed E-state index contributed by atoms with van der Waals surface area (Å²) in [5, 5.41) is 8.94. The summed E-state index contributed by atoms with van der Waals surface area (Å²) in [6.45, 7) is 12.7. The van der Waals surface area contributed by atoms with E-state index in [1.165, 1.54) is 103 Å². The van der Waals surface area contributed by atoms with Crippen LogP contribution in [0, 0.1) is 52.8 Å². The van der Waals surface area contributed by atoms with Gasteiger partial charge in [0.05, 0.1) is 31.6 Å². The third-order valence-corrected chi connectivity index (χ3v) is 25.2. The SMILES string of the molecule is CC[C@H](C)[C@@H]1NC(=O)[C@H](COC)N(C)C(=O)C[C@@H](C(=O)N(C)C)N(C)C(=O)[C@H](C2CCCC2)N(C)C(=O)C2(CC(C)(C)C2)NC(=O)[C@@H]2C[C@H](C)CN2C(=O)[C@H](CCC2CCC(C(F)(F)F)C(OC)C2)NC(=O)CN(C)C(=O)[C@H](CC2CCC(C)CC2)N2CC/C=C\C[C@@H](C2=O)N(C)C(=O)[C@@H]2C[C@H](C)CN2C1=O. The van der Waals surface area contributed by atoms with Crippen LogP contribution in [0.3, 0.4) is 0 Å². The quantitative estimate of drug-likeness (QED) is 0.195. The van der Waals surface area contributed by atoms with Crippen LogP contribution < -0.4 is 16.0 Å². The van der Waals surface area contributed by atoms with E-state index in [9.17, 15) is 32.3 Å². The zero-order valence-corrected chi connectivity index (χ0v) is 66.5. The molecule has 107 heavy (non-hydrogen) atoms. The number of hydrogen-bond donors (Lipinski definition) is 3. The Morgan fingerprint density at radius 1 is 0.654 bits per heavy atom. The fourth-order valence-electron chi connectivity index (χ4n) is 18.8. The maximum Gasteiger partial charge on any atom is 0.394 e. The van der Waals surface area contributed by atoms with E-state index in [0.29, 0.717) is 31.6 Å². The average Bonchev–Trinajstić information content (AvgIpc) is 1.45. The molecule has 8 rings (SSSR count). The number of carbonyl (C=O) groups is 12. The zero-order valence-electron chi connectivity index (χ0n) is 66.5. The van der Waals surface area contributed by atoms with Gasteiger partial charge in [0.25, 0.3) is 0 Å². The normalized spacial score (nSPS) is 33.7. The Morgan fingerprint density at radius 3 is 1.86 bits per heavy atom. The highest BCUT2D eigenvalue weighted by atomic mass is 19.4. The zero-order chi connectivity index (χ0) is 79.1. The van der Waals surface area contributed by atoms with Crippen LogP contribution in [0.5, 0.6) is 0 Å². The number of ether oxygens (including phenoxy) is 2. The second-order valence-electron chi connectivity index (χ2n) is 34.3. The molecule has 2 bridgehead atoms. The first-order valence-corrected chi connectivity index (χ1v) is 39.4. The van der Waals surface area contributed by atoms with E-state index in [4.69, 9.17) is 9.47 Å². The number of nitrogens with zero attached hydrogens (tertiary/aromatic N) is 9. The standard InChI is InChI=1S/C78H125F3N12O14/c1-17-49(5)64-73(103)93-41-48(4)36-58(93)71(101)88(12)55-25-19-18-22-34-91(72(55)102)59(37-50-28-26-46(2)27-29-50)70(100)86(10)42-62(94)82-54(33-31-51-30-32-53(78(79,80)81)61(38-51)107-16)68(98)92-40-47(3)35-56(92)67(97)84-77(44-76(6,7)45-77)75(105)90(14)65(52-23-20-21-24-52)74(104)89(13)57(69(99)85(8)9)39-63(95)87(11)60(43-106-15)66(96)83-64/h18-19,46-61,64-65H,17,20-45H2,1-16H3,(H,82,94)(H,83,96)(H,84,97)/b19-18-/t46?,47-,48-,49-,50?,51?,53?,54-,55-,56-,57-,58-,59-,60-,61?,64-,65-/m0/s1. The highest BCUT2D eigenvalue weighted by Crippen LogP contribution is 2.50. The molecule has 0 aromatic carbocycles. The smallest absolute Gasteiger partial charge is 0.382 e. The molecule has 4 heterocycles. The molecule has 0 aromatic heterocycles. The lowest BCUT2D eigenvalue weighted by molar-refractivity contribution is -0.215. The molecular formula is C78H125F3N12O14. The van der Waals surface area contributed by atoms with E-state index in [0.717, 1.165) is 43.4 Å². The molecular weight excluding hydrogens is 1390 g/mol. The van der Waals surface area contributed by atoms with Gasteiger partial charge < -0.3 is 69.5 Å². The van der Waals surface area contributed by atoms with E-state index < -0.39 is 179 Å². The monoisotopic (exact) mass is 1510 g/mol. The maximum absolute atomic E-state index is 15.8. The minimum absolute atomic E-state index is 0.00118. The second kappa shape index (κ2) is 36.3. The number of methoxy groups -OCH3 is 2. The molecule has 4 aliphatic heterocycles. The van der Waals surface area contributed by atoms with E-state index in [2.05, 4.69) is 22.9 Å². The Hall–Kier alpha value is -6.91. The van der Waals surface area contributed by atoms with E-state index >= 15 is 38.4 Å². The molecule has 1 spiro atoms. The van der Waals surface area contributed by atoms with Crippen LogP contribution in [0.2, 0.25) is 0 Å². The van der Waals surface area contributed by atoms with Crippen molar-refractivity contribution in [3.8, 4) is 0 Å². The molecule has 3 N–H and O–H groups in total. The first-order valence-electron chi connectivity index (χ1n) is 39.4. The number of likely N-dealkylation sites (N-methyl/N-ethyl adjacent to an activating group) is 6. The van der Waals surface area contributed by atoms with Crippen molar-refractivity contribution in [3.63, 3.8) is 0 Å². The number of hydrogen-bond acceptors (Lipinski definition) is 14. The Bertz CT molecular complexity index is 3240. The van der Waals surface area contributed by atoms with Crippen LogP contribution in [-0.2, 0) is 67.0 Å². The minimum atomic E-state index is -4.51. The van der Waals surface area contributed by atoms with E-state index in [1.807, 2.05) is 46.8 Å². The summed E-state index contributed by atoms with van der Waals surface area (Å²) >= 11 is 0. The fraction of sp³-hybridized carbons (Fsp3) is 0.821. The van der Waals surface area contributed by atoms with Crippen LogP contribution in [-0.4, -0.2) is 284 Å². The number of amides is 12.